The molecule has 24 heavy (non-hydrogen) atoms. The van der Waals surface area contributed by atoms with Crippen LogP contribution in [-0.4, -0.2) is 68.1 Å². The van der Waals surface area contributed by atoms with Crippen molar-refractivity contribution in [2.75, 3.05) is 46.4 Å². The molecule has 2 rings (SSSR count). The van der Waals surface area contributed by atoms with Crippen molar-refractivity contribution in [3.8, 4) is 5.75 Å². The molecule has 0 saturated carbocycles. The molecule has 7 nitrogen and oxygen atoms in total. The molecule has 1 saturated heterocycles. The number of amides is 3. The van der Waals surface area contributed by atoms with Crippen LogP contribution in [0.3, 0.4) is 0 Å². The summed E-state index contributed by atoms with van der Waals surface area (Å²) in [5.74, 6) is 0.814. The van der Waals surface area contributed by atoms with E-state index in [4.69, 9.17) is 4.74 Å². The van der Waals surface area contributed by atoms with E-state index in [9.17, 15) is 9.59 Å². The van der Waals surface area contributed by atoms with Crippen LogP contribution in [0.25, 0.3) is 0 Å². The van der Waals surface area contributed by atoms with E-state index in [0.717, 1.165) is 11.3 Å². The van der Waals surface area contributed by atoms with Gasteiger partial charge in [-0.3, -0.25) is 9.69 Å². The van der Waals surface area contributed by atoms with E-state index >= 15 is 0 Å². The average molecular weight is 334 g/mol. The summed E-state index contributed by atoms with van der Waals surface area (Å²) in [6.07, 6.45) is 0. The van der Waals surface area contributed by atoms with Crippen molar-refractivity contribution in [3.63, 3.8) is 0 Å². The molecule has 0 atom stereocenters. The molecular weight excluding hydrogens is 308 g/mol. The minimum Gasteiger partial charge on any atom is -0.497 e. The first kappa shape index (κ1) is 18.1. The van der Waals surface area contributed by atoms with Crippen LogP contribution in [0, 0.1) is 0 Å². The summed E-state index contributed by atoms with van der Waals surface area (Å²) < 4.78 is 5.18. The molecule has 1 aromatic carbocycles. The van der Waals surface area contributed by atoms with Crippen molar-refractivity contribution in [2.45, 2.75) is 13.5 Å². The minimum absolute atomic E-state index is 0.0356. The summed E-state index contributed by atoms with van der Waals surface area (Å²) in [5.41, 5.74) is 0.998. The molecule has 0 aliphatic carbocycles. The summed E-state index contributed by atoms with van der Waals surface area (Å²) >= 11 is 0. The third kappa shape index (κ3) is 5.42. The smallest absolute Gasteiger partial charge is 0.317 e. The third-order valence-corrected chi connectivity index (χ3v) is 3.98. The summed E-state index contributed by atoms with van der Waals surface area (Å²) in [4.78, 5) is 27.7. The molecular formula is C17H26N4O3. The Kier molecular flexibility index (Phi) is 6.87. The highest BCUT2D eigenvalue weighted by Crippen LogP contribution is 2.12. The predicted molar refractivity (Wildman–Crippen MR) is 91.9 cm³/mol. The van der Waals surface area contributed by atoms with Gasteiger partial charge in [-0.2, -0.15) is 0 Å². The number of piperazine rings is 1. The summed E-state index contributed by atoms with van der Waals surface area (Å²) in [6.45, 7) is 6.09. The number of nitrogens with zero attached hydrogens (tertiary/aromatic N) is 2. The minimum atomic E-state index is -0.0736. The fraction of sp³-hybridized carbons (Fsp3) is 0.529. The zero-order chi connectivity index (χ0) is 17.4. The van der Waals surface area contributed by atoms with Gasteiger partial charge in [0.15, 0.2) is 0 Å². The van der Waals surface area contributed by atoms with Crippen LogP contribution < -0.4 is 15.4 Å². The van der Waals surface area contributed by atoms with Crippen molar-refractivity contribution >= 4 is 11.9 Å². The summed E-state index contributed by atoms with van der Waals surface area (Å²) in [7, 11) is 1.62. The van der Waals surface area contributed by atoms with E-state index in [-0.39, 0.29) is 11.9 Å². The predicted octanol–water partition coefficient (Wildman–Crippen LogP) is 0.659. The molecule has 1 aliphatic rings. The first-order chi connectivity index (χ1) is 11.6. The highest BCUT2D eigenvalue weighted by molar-refractivity contribution is 5.78. The molecule has 0 bridgehead atoms. The van der Waals surface area contributed by atoms with Gasteiger partial charge in [0.2, 0.25) is 5.91 Å². The number of hydrogen-bond donors (Lipinski definition) is 2. The summed E-state index contributed by atoms with van der Waals surface area (Å²) in [6, 6.07) is 7.56. The van der Waals surface area contributed by atoms with E-state index in [1.165, 1.54) is 0 Å². The highest BCUT2D eigenvalue weighted by Gasteiger charge is 2.22. The molecule has 1 fully saturated rings. The zero-order valence-corrected chi connectivity index (χ0v) is 14.4. The van der Waals surface area contributed by atoms with Gasteiger partial charge in [-0.15, -0.1) is 0 Å². The van der Waals surface area contributed by atoms with Crippen molar-refractivity contribution in [1.29, 1.82) is 0 Å². The quantitative estimate of drug-likeness (QED) is 0.801. The largest absolute Gasteiger partial charge is 0.497 e. The van der Waals surface area contributed by atoms with Crippen LogP contribution in [0.1, 0.15) is 12.5 Å². The van der Waals surface area contributed by atoms with Gasteiger partial charge < -0.3 is 20.3 Å². The number of carbonyl (C=O) groups is 2. The fourth-order valence-corrected chi connectivity index (χ4v) is 2.64. The molecule has 1 aliphatic heterocycles. The number of carbonyl (C=O) groups excluding carboxylic acids is 2. The van der Waals surface area contributed by atoms with Gasteiger partial charge in [-0.1, -0.05) is 12.1 Å². The third-order valence-electron chi connectivity index (χ3n) is 3.98. The number of rotatable bonds is 6. The zero-order valence-electron chi connectivity index (χ0n) is 14.4. The Morgan fingerprint density at radius 3 is 2.58 bits per heavy atom. The molecule has 0 spiro atoms. The van der Waals surface area contributed by atoms with Gasteiger partial charge in [0.25, 0.3) is 0 Å². The van der Waals surface area contributed by atoms with Gasteiger partial charge in [-0.05, 0) is 24.6 Å². The fourth-order valence-electron chi connectivity index (χ4n) is 2.64. The number of nitrogens with one attached hydrogen (secondary N) is 2. The van der Waals surface area contributed by atoms with Gasteiger partial charge in [0.05, 0.1) is 13.7 Å². The number of ether oxygens (including phenoxy) is 1. The highest BCUT2D eigenvalue weighted by atomic mass is 16.5. The van der Waals surface area contributed by atoms with E-state index < -0.39 is 0 Å². The Labute approximate surface area is 142 Å². The Morgan fingerprint density at radius 2 is 1.92 bits per heavy atom. The normalized spacial score (nSPS) is 15.0. The van der Waals surface area contributed by atoms with Crippen molar-refractivity contribution in [3.05, 3.63) is 29.8 Å². The molecule has 7 heteroatoms. The Hall–Kier alpha value is -2.28. The molecule has 1 heterocycles. The maximum Gasteiger partial charge on any atom is 0.317 e. The first-order valence-electron chi connectivity index (χ1n) is 8.27. The molecule has 0 aromatic heterocycles. The van der Waals surface area contributed by atoms with Gasteiger partial charge >= 0.3 is 6.03 Å². The Morgan fingerprint density at radius 1 is 1.17 bits per heavy atom. The lowest BCUT2D eigenvalue weighted by molar-refractivity contribution is -0.122. The SMILES string of the molecule is CCNC(=O)CN1CCN(C(=O)NCc2cccc(OC)c2)CC1. The van der Waals surface area contributed by atoms with Gasteiger partial charge in [-0.25, -0.2) is 4.79 Å². The number of benzene rings is 1. The monoisotopic (exact) mass is 334 g/mol. The lowest BCUT2D eigenvalue weighted by Crippen LogP contribution is -2.53. The number of urea groups is 1. The van der Waals surface area contributed by atoms with Crippen LogP contribution in [0.5, 0.6) is 5.75 Å². The maximum absolute atomic E-state index is 12.2. The number of methoxy groups -OCH3 is 1. The first-order valence-corrected chi connectivity index (χ1v) is 8.27. The number of hydrogen-bond acceptors (Lipinski definition) is 4. The van der Waals surface area contributed by atoms with E-state index in [0.29, 0.717) is 45.8 Å². The Balaban J connectivity index is 1.73. The van der Waals surface area contributed by atoms with Gasteiger partial charge in [0, 0.05) is 39.3 Å². The second kappa shape index (κ2) is 9.12. The standard InChI is InChI=1S/C17H26N4O3/c1-3-18-16(22)13-20-7-9-21(10-8-20)17(23)19-12-14-5-4-6-15(11-14)24-2/h4-6,11H,3,7-10,12-13H2,1-2H3,(H,18,22)(H,19,23). The van der Waals surface area contributed by atoms with Crippen LogP contribution in [0.4, 0.5) is 4.79 Å². The Bertz CT molecular complexity index is 557. The van der Waals surface area contributed by atoms with Gasteiger partial charge in [0.1, 0.15) is 5.75 Å². The van der Waals surface area contributed by atoms with Crippen LogP contribution in [0.15, 0.2) is 24.3 Å². The van der Waals surface area contributed by atoms with E-state index in [2.05, 4.69) is 15.5 Å². The number of likely N-dealkylation sites (N-methyl/N-ethyl adjacent to an activating group) is 1. The summed E-state index contributed by atoms with van der Waals surface area (Å²) in [5, 5.41) is 5.72. The second-order valence-electron chi connectivity index (χ2n) is 5.73. The maximum atomic E-state index is 12.2. The van der Waals surface area contributed by atoms with Crippen molar-refractivity contribution in [1.82, 2.24) is 20.4 Å². The molecule has 3 amide bonds. The van der Waals surface area contributed by atoms with Crippen molar-refractivity contribution in [2.24, 2.45) is 0 Å². The second-order valence-corrected chi connectivity index (χ2v) is 5.73. The lowest BCUT2D eigenvalue weighted by Gasteiger charge is -2.34. The van der Waals surface area contributed by atoms with Crippen LogP contribution >= 0.6 is 0 Å². The van der Waals surface area contributed by atoms with Crippen molar-refractivity contribution < 1.29 is 14.3 Å². The van der Waals surface area contributed by atoms with Crippen LogP contribution in [-0.2, 0) is 11.3 Å². The molecule has 2 N–H and O–H groups in total. The molecule has 0 radical (unpaired) electrons. The lowest BCUT2D eigenvalue weighted by atomic mass is 10.2. The molecule has 132 valence electrons. The van der Waals surface area contributed by atoms with E-state index in [1.54, 1.807) is 12.0 Å². The van der Waals surface area contributed by atoms with E-state index in [1.807, 2.05) is 31.2 Å². The van der Waals surface area contributed by atoms with Crippen LogP contribution in [0.2, 0.25) is 0 Å². The molecule has 1 aromatic rings. The molecule has 0 unspecified atom stereocenters. The average Bonchev–Trinajstić information content (AvgIpc) is 2.60. The topological polar surface area (TPSA) is 73.9 Å².